The molecule has 1 aromatic rings. The zero-order chi connectivity index (χ0) is 34.6. The van der Waals surface area contributed by atoms with Crippen molar-refractivity contribution in [2.24, 2.45) is 23.2 Å². The highest BCUT2D eigenvalue weighted by Gasteiger charge is 2.50. The van der Waals surface area contributed by atoms with Crippen LogP contribution in [0.5, 0.6) is 0 Å². The first-order chi connectivity index (χ1) is 22.1. The van der Waals surface area contributed by atoms with E-state index in [4.69, 9.17) is 27.0 Å². The fraction of sp³-hybridized carbons (Fsp3) is 0.676. The molecule has 2 bridgehead atoms. The number of hydrogen-bond acceptors (Lipinski definition) is 7. The van der Waals surface area contributed by atoms with E-state index in [0.29, 0.717) is 24.7 Å². The maximum absolute atomic E-state index is 13.5. The van der Waals surface area contributed by atoms with Gasteiger partial charge in [-0.2, -0.15) is 18.4 Å². The minimum absolute atomic E-state index is 0.0257. The summed E-state index contributed by atoms with van der Waals surface area (Å²) in [5.74, 6) is 1.16. The number of alkyl halides is 3. The fourth-order valence-electron chi connectivity index (χ4n) is 7.70. The average Bonchev–Trinajstić information content (AvgIpc) is 3.11. The lowest BCUT2D eigenvalue weighted by Crippen LogP contribution is -2.44. The molecule has 4 fully saturated rings. The van der Waals surface area contributed by atoms with Gasteiger partial charge in [-0.1, -0.05) is 13.8 Å². The Balaban J connectivity index is 1.14. The molecule has 1 aliphatic heterocycles. The van der Waals surface area contributed by atoms with Crippen molar-refractivity contribution in [2.45, 2.75) is 90.8 Å². The van der Waals surface area contributed by atoms with Crippen LogP contribution in [0.1, 0.15) is 90.2 Å². The number of esters is 1. The molecular formula is C34H45F3N4O5S. The molecule has 2 amide bonds. The normalized spacial score (nSPS) is 25.4. The number of nitrogens with zero attached hydrogens (tertiary/aromatic N) is 3. The van der Waals surface area contributed by atoms with Gasteiger partial charge in [-0.15, -0.1) is 0 Å². The largest absolute Gasteiger partial charge is 0.463 e. The summed E-state index contributed by atoms with van der Waals surface area (Å²) in [6.07, 6.45) is 1.89. The molecule has 3 saturated carbocycles. The number of carbonyl (C=O) groups is 3. The fourth-order valence-corrected chi connectivity index (χ4v) is 8.21. The molecule has 4 atom stereocenters. The molecule has 0 radical (unpaired) electrons. The van der Waals surface area contributed by atoms with Crippen LogP contribution in [0.3, 0.4) is 0 Å². The van der Waals surface area contributed by atoms with Gasteiger partial charge in [0.15, 0.2) is 5.11 Å². The van der Waals surface area contributed by atoms with Gasteiger partial charge < -0.3 is 19.7 Å². The first-order valence-electron chi connectivity index (χ1n) is 16.4. The molecule has 0 aromatic heterocycles. The van der Waals surface area contributed by atoms with Gasteiger partial charge in [-0.25, -0.2) is 0 Å². The molecule has 1 N–H and O–H groups in total. The van der Waals surface area contributed by atoms with Crippen molar-refractivity contribution in [3.8, 4) is 6.07 Å². The second-order valence-electron chi connectivity index (χ2n) is 14.0. The molecule has 9 nitrogen and oxygen atoms in total. The van der Waals surface area contributed by atoms with Crippen molar-refractivity contribution in [1.82, 2.24) is 10.2 Å². The Morgan fingerprint density at radius 3 is 2.60 bits per heavy atom. The van der Waals surface area contributed by atoms with Gasteiger partial charge in [0.2, 0.25) is 5.91 Å². The highest BCUT2D eigenvalue weighted by Crippen LogP contribution is 2.54. The quantitative estimate of drug-likeness (QED) is 0.154. The first kappa shape index (κ1) is 36.6. The van der Waals surface area contributed by atoms with Crippen molar-refractivity contribution < 1.29 is 37.0 Å². The van der Waals surface area contributed by atoms with E-state index in [-0.39, 0.29) is 67.4 Å². The summed E-state index contributed by atoms with van der Waals surface area (Å²) in [4.78, 5) is 40.9. The smallest absolute Gasteiger partial charge is 0.417 e. The standard InChI is InChI=1S/C34H45F3N4O5S/c1-22-16-24-9-10-33(18-22,19-23(24)2)20-29(43)46-15-14-45-13-11-39-28(42)6-5-12-40-31(47)41(30(44)32(40,3)4)26-8-7-25(21-38)27(17-26)34(35,36)37/h7-8,17,22-24H,5-6,9-16,18-20H2,1-4H3,(H,39,42)/t22?,23?,24-,33?/m0/s1. The van der Waals surface area contributed by atoms with Crippen LogP contribution in [-0.4, -0.2) is 66.2 Å². The summed E-state index contributed by atoms with van der Waals surface area (Å²) in [6.45, 7) is 8.99. The number of nitrogens with one attached hydrogen (secondary N) is 1. The van der Waals surface area contributed by atoms with E-state index in [1.807, 2.05) is 0 Å². The lowest BCUT2D eigenvalue weighted by molar-refractivity contribution is -0.149. The van der Waals surface area contributed by atoms with Crippen molar-refractivity contribution >= 4 is 40.8 Å². The SMILES string of the molecule is CC1C[C@@H]2CCC(CC(=O)OCCOCCNC(=O)CCCN3C(=S)N(c4ccc(C#N)c(C(F)(F)F)c4)C(=O)C3(C)C)(C1)CC2C. The molecule has 4 aliphatic rings. The number of amides is 2. The highest BCUT2D eigenvalue weighted by molar-refractivity contribution is 7.80. The number of nitriles is 1. The van der Waals surface area contributed by atoms with E-state index in [9.17, 15) is 27.6 Å². The van der Waals surface area contributed by atoms with Gasteiger partial charge in [0.1, 0.15) is 12.1 Å². The van der Waals surface area contributed by atoms with Crippen molar-refractivity contribution in [3.05, 3.63) is 29.3 Å². The van der Waals surface area contributed by atoms with E-state index < -0.39 is 28.7 Å². The third-order valence-electron chi connectivity index (χ3n) is 9.97. The molecule has 1 saturated heterocycles. The predicted octanol–water partition coefficient (Wildman–Crippen LogP) is 5.99. The monoisotopic (exact) mass is 678 g/mol. The second kappa shape index (κ2) is 14.9. The topological polar surface area (TPSA) is 112 Å². The van der Waals surface area contributed by atoms with Crippen LogP contribution in [-0.2, 0) is 30.0 Å². The molecule has 5 rings (SSSR count). The van der Waals surface area contributed by atoms with E-state index in [0.717, 1.165) is 42.2 Å². The van der Waals surface area contributed by atoms with Crippen LogP contribution >= 0.6 is 12.2 Å². The summed E-state index contributed by atoms with van der Waals surface area (Å²) in [7, 11) is 0. The average molecular weight is 679 g/mol. The lowest BCUT2D eigenvalue weighted by Gasteiger charge is -2.40. The predicted molar refractivity (Wildman–Crippen MR) is 173 cm³/mol. The molecular weight excluding hydrogens is 633 g/mol. The molecule has 1 aromatic carbocycles. The maximum atomic E-state index is 13.5. The molecule has 258 valence electrons. The molecule has 47 heavy (non-hydrogen) atoms. The maximum Gasteiger partial charge on any atom is 0.417 e. The number of rotatable bonds is 13. The second-order valence-corrected chi connectivity index (χ2v) is 14.3. The number of halogens is 3. The molecule has 3 aliphatic carbocycles. The Bertz CT molecular complexity index is 1390. The number of carbonyl (C=O) groups excluding carboxylic acids is 3. The number of anilines is 1. The minimum Gasteiger partial charge on any atom is -0.463 e. The Labute approximate surface area is 280 Å². The van der Waals surface area contributed by atoms with Gasteiger partial charge in [0.25, 0.3) is 5.91 Å². The van der Waals surface area contributed by atoms with E-state index >= 15 is 0 Å². The third kappa shape index (κ3) is 8.62. The Kier molecular flexibility index (Phi) is 11.6. The zero-order valence-electron chi connectivity index (χ0n) is 27.6. The molecule has 1 heterocycles. The van der Waals surface area contributed by atoms with Crippen LogP contribution in [0.4, 0.5) is 18.9 Å². The van der Waals surface area contributed by atoms with Crippen molar-refractivity contribution in [3.63, 3.8) is 0 Å². The summed E-state index contributed by atoms with van der Waals surface area (Å²) in [5.41, 5.74) is -2.87. The Morgan fingerprint density at radius 1 is 1.17 bits per heavy atom. The summed E-state index contributed by atoms with van der Waals surface area (Å²) in [6, 6.07) is 4.57. The number of benzene rings is 1. The molecule has 13 heteroatoms. The van der Waals surface area contributed by atoms with E-state index in [2.05, 4.69) is 19.2 Å². The number of fused-ring (bicyclic) bond motifs is 4. The number of hydrogen-bond donors (Lipinski definition) is 1. The Hall–Kier alpha value is -3.24. The van der Waals surface area contributed by atoms with Crippen LogP contribution in [0.25, 0.3) is 0 Å². The summed E-state index contributed by atoms with van der Waals surface area (Å²) >= 11 is 5.49. The molecule has 0 spiro atoms. The van der Waals surface area contributed by atoms with Gasteiger partial charge in [0, 0.05) is 19.5 Å². The first-order valence-corrected chi connectivity index (χ1v) is 16.8. The summed E-state index contributed by atoms with van der Waals surface area (Å²) in [5, 5.41) is 11.9. The van der Waals surface area contributed by atoms with Crippen LogP contribution in [0.15, 0.2) is 18.2 Å². The summed E-state index contributed by atoms with van der Waals surface area (Å²) < 4.78 is 51.6. The number of thiocarbonyl (C=S) groups is 1. The van der Waals surface area contributed by atoms with Crippen molar-refractivity contribution in [2.75, 3.05) is 37.8 Å². The highest BCUT2D eigenvalue weighted by atomic mass is 32.1. The Morgan fingerprint density at radius 2 is 1.91 bits per heavy atom. The van der Waals surface area contributed by atoms with E-state index in [1.165, 1.54) is 25.0 Å². The zero-order valence-corrected chi connectivity index (χ0v) is 28.4. The van der Waals surface area contributed by atoms with Gasteiger partial charge in [-0.3, -0.25) is 19.3 Å². The lowest BCUT2D eigenvalue weighted by atomic mass is 9.65. The van der Waals surface area contributed by atoms with Crippen LogP contribution < -0.4 is 10.2 Å². The van der Waals surface area contributed by atoms with Crippen LogP contribution in [0, 0.1) is 34.5 Å². The van der Waals surface area contributed by atoms with Gasteiger partial charge >= 0.3 is 12.1 Å². The van der Waals surface area contributed by atoms with E-state index in [1.54, 1.807) is 18.7 Å². The van der Waals surface area contributed by atoms with Gasteiger partial charge in [-0.05, 0) is 106 Å². The van der Waals surface area contributed by atoms with Crippen LogP contribution in [0.2, 0.25) is 0 Å². The van der Waals surface area contributed by atoms with Gasteiger partial charge in [0.05, 0.1) is 42.5 Å². The third-order valence-corrected chi connectivity index (χ3v) is 10.4. The number of ether oxygens (including phenoxy) is 2. The minimum atomic E-state index is -4.78. The molecule has 3 unspecified atom stereocenters. The van der Waals surface area contributed by atoms with Crippen molar-refractivity contribution in [1.29, 1.82) is 5.26 Å².